The van der Waals surface area contributed by atoms with Gasteiger partial charge in [-0.1, -0.05) is 50.5 Å². The molecule has 0 fully saturated rings. The van der Waals surface area contributed by atoms with Gasteiger partial charge in [0.15, 0.2) is 18.2 Å². The number of allylic oxidation sites excluding steroid dienone is 1. The number of fused-ring (bicyclic) bond motifs is 2. The molecule has 8 nitrogen and oxygen atoms in total. The SMILES string of the molecule is CCCCCC(O)CC(=O)CCc1ccc(O)c(OCN2C=C3C(Cc4cccc5c4C=CNC5N)=CN=C3C2)c1. The minimum absolute atomic E-state index is 0.0518. The number of rotatable bonds is 14. The highest BCUT2D eigenvalue weighted by molar-refractivity contribution is 6.09. The fraction of sp³-hybridized carbons (Fsp3) is 0.394. The Labute approximate surface area is 241 Å². The Balaban J connectivity index is 1.14. The largest absolute Gasteiger partial charge is 0.504 e. The first kappa shape index (κ1) is 28.6. The van der Waals surface area contributed by atoms with E-state index >= 15 is 0 Å². The molecule has 0 saturated heterocycles. The lowest BCUT2D eigenvalue weighted by molar-refractivity contribution is -0.121. The molecule has 0 radical (unpaired) electrons. The van der Waals surface area contributed by atoms with Crippen LogP contribution in [0.1, 0.15) is 73.9 Å². The average molecular weight is 557 g/mol. The summed E-state index contributed by atoms with van der Waals surface area (Å²) in [6, 6.07) is 11.4. The molecule has 0 amide bonds. The monoisotopic (exact) mass is 556 g/mol. The van der Waals surface area contributed by atoms with E-state index in [1.807, 2.05) is 29.4 Å². The van der Waals surface area contributed by atoms with Gasteiger partial charge in [0, 0.05) is 37.2 Å². The summed E-state index contributed by atoms with van der Waals surface area (Å²) in [5, 5.41) is 23.6. The first-order valence-corrected chi connectivity index (χ1v) is 14.6. The number of nitrogens with zero attached hydrogens (tertiary/aromatic N) is 2. The van der Waals surface area contributed by atoms with Crippen molar-refractivity contribution in [2.45, 2.75) is 70.6 Å². The lowest BCUT2D eigenvalue weighted by atomic mass is 9.91. The van der Waals surface area contributed by atoms with Crippen LogP contribution in [0.2, 0.25) is 0 Å². The second-order valence-corrected chi connectivity index (χ2v) is 11.1. The molecule has 3 aliphatic rings. The smallest absolute Gasteiger partial charge is 0.163 e. The summed E-state index contributed by atoms with van der Waals surface area (Å²) in [5.41, 5.74) is 13.9. The summed E-state index contributed by atoms with van der Waals surface area (Å²) in [7, 11) is 0. The Kier molecular flexibility index (Phi) is 9.21. The molecule has 2 atom stereocenters. The van der Waals surface area contributed by atoms with Gasteiger partial charge in [0.05, 0.1) is 18.4 Å². The minimum Gasteiger partial charge on any atom is -0.504 e. The minimum atomic E-state index is -0.563. The molecule has 3 aliphatic heterocycles. The van der Waals surface area contributed by atoms with Crippen LogP contribution in [0.3, 0.4) is 0 Å². The zero-order valence-electron chi connectivity index (χ0n) is 23.7. The number of carbonyl (C=O) groups excluding carboxylic acids is 1. The molecule has 41 heavy (non-hydrogen) atoms. The van der Waals surface area contributed by atoms with E-state index in [4.69, 9.17) is 10.5 Å². The van der Waals surface area contributed by atoms with Gasteiger partial charge in [-0.3, -0.25) is 9.79 Å². The van der Waals surface area contributed by atoms with Crippen molar-refractivity contribution < 1.29 is 19.7 Å². The number of hydrogen-bond donors (Lipinski definition) is 4. The van der Waals surface area contributed by atoms with Gasteiger partial charge in [-0.15, -0.1) is 0 Å². The number of Topliss-reactive ketones (excluding diaryl/α,β-unsaturated/α-hetero) is 1. The summed E-state index contributed by atoms with van der Waals surface area (Å²) in [6.07, 6.45) is 12.8. The molecule has 0 aliphatic carbocycles. The molecule has 216 valence electrons. The Morgan fingerprint density at radius 2 is 2.15 bits per heavy atom. The lowest BCUT2D eigenvalue weighted by Crippen LogP contribution is -2.27. The number of aliphatic imine (C=N–C) groups is 1. The van der Waals surface area contributed by atoms with Crippen LogP contribution in [-0.4, -0.2) is 46.0 Å². The molecule has 2 unspecified atom stereocenters. The van der Waals surface area contributed by atoms with Crippen molar-refractivity contribution in [1.29, 1.82) is 0 Å². The second-order valence-electron chi connectivity index (χ2n) is 11.1. The number of aromatic hydroxyl groups is 1. The van der Waals surface area contributed by atoms with E-state index in [9.17, 15) is 15.0 Å². The van der Waals surface area contributed by atoms with E-state index in [0.717, 1.165) is 59.2 Å². The zero-order chi connectivity index (χ0) is 28.8. The molecule has 0 saturated carbocycles. The van der Waals surface area contributed by atoms with Gasteiger partial charge in [-0.2, -0.15) is 0 Å². The standard InChI is InChI=1S/C33H40N4O4/c1-2-3-4-7-25(38)17-26(39)11-9-22-10-12-31(40)32(15-22)41-21-37-19-29-24(18-36-30(29)20-37)16-23-6-5-8-28-27(23)13-14-35-33(28)34/h5-6,8,10,12-15,18-19,25,33,35,38,40H,2-4,7,9,11,16-17,20-21,34H2,1H3. The first-order valence-electron chi connectivity index (χ1n) is 14.6. The summed E-state index contributed by atoms with van der Waals surface area (Å²) in [6.45, 7) is 3.01. The highest BCUT2D eigenvalue weighted by Gasteiger charge is 2.27. The van der Waals surface area contributed by atoms with Crippen LogP contribution < -0.4 is 15.8 Å². The topological polar surface area (TPSA) is 120 Å². The number of hydrogen-bond acceptors (Lipinski definition) is 8. The normalized spacial score (nSPS) is 17.8. The van der Waals surface area contributed by atoms with Crippen molar-refractivity contribution in [2.75, 3.05) is 13.3 Å². The van der Waals surface area contributed by atoms with E-state index < -0.39 is 6.10 Å². The Morgan fingerprint density at radius 1 is 1.27 bits per heavy atom. The van der Waals surface area contributed by atoms with Gasteiger partial charge in [0.1, 0.15) is 11.9 Å². The number of aliphatic hydroxyl groups excluding tert-OH is 1. The van der Waals surface area contributed by atoms with Crippen molar-refractivity contribution in [3.05, 3.63) is 88.4 Å². The van der Waals surface area contributed by atoms with E-state index in [-0.39, 0.29) is 30.9 Å². The quantitative estimate of drug-likeness (QED) is 0.245. The third-order valence-electron chi connectivity index (χ3n) is 7.88. The van der Waals surface area contributed by atoms with Crippen molar-refractivity contribution in [3.8, 4) is 11.5 Å². The van der Waals surface area contributed by atoms with Crippen LogP contribution in [0.25, 0.3) is 6.08 Å². The predicted molar refractivity (Wildman–Crippen MR) is 161 cm³/mol. The summed E-state index contributed by atoms with van der Waals surface area (Å²) in [5.74, 6) is 0.498. The van der Waals surface area contributed by atoms with Crippen molar-refractivity contribution in [1.82, 2.24) is 10.2 Å². The van der Waals surface area contributed by atoms with E-state index in [1.54, 1.807) is 12.1 Å². The number of carbonyl (C=O) groups is 1. The Hall–Kier alpha value is -3.88. The molecule has 2 aromatic carbocycles. The van der Waals surface area contributed by atoms with Crippen molar-refractivity contribution in [3.63, 3.8) is 0 Å². The van der Waals surface area contributed by atoms with E-state index in [1.165, 1.54) is 5.56 Å². The fourth-order valence-corrected chi connectivity index (χ4v) is 5.56. The number of benzene rings is 2. The van der Waals surface area contributed by atoms with Crippen LogP contribution in [0.4, 0.5) is 0 Å². The van der Waals surface area contributed by atoms with Gasteiger partial charge in [-0.25, -0.2) is 0 Å². The molecule has 3 heterocycles. The number of aryl methyl sites for hydroxylation is 1. The molecule has 0 bridgehead atoms. The number of unbranched alkanes of at least 4 members (excludes halogenated alkanes) is 2. The maximum Gasteiger partial charge on any atom is 0.163 e. The number of ether oxygens (including phenoxy) is 1. The molecular formula is C33H40N4O4. The van der Waals surface area contributed by atoms with Gasteiger partial charge < -0.3 is 30.9 Å². The molecule has 0 aromatic heterocycles. The maximum absolute atomic E-state index is 12.4. The van der Waals surface area contributed by atoms with Gasteiger partial charge in [-0.05, 0) is 65.1 Å². The average Bonchev–Trinajstić information content (AvgIpc) is 3.54. The van der Waals surface area contributed by atoms with Gasteiger partial charge >= 0.3 is 0 Å². The zero-order valence-corrected chi connectivity index (χ0v) is 23.7. The van der Waals surface area contributed by atoms with Crippen LogP contribution in [-0.2, 0) is 17.6 Å². The Morgan fingerprint density at radius 3 is 3.00 bits per heavy atom. The molecule has 5 N–H and O–H groups in total. The van der Waals surface area contributed by atoms with Crippen molar-refractivity contribution >= 4 is 17.6 Å². The molecule has 8 heteroatoms. The first-order chi connectivity index (χ1) is 19.9. The molecule has 5 rings (SSSR count). The Bertz CT molecular complexity index is 1390. The highest BCUT2D eigenvalue weighted by Crippen LogP contribution is 2.33. The molecule has 2 aromatic rings. The van der Waals surface area contributed by atoms with Crippen LogP contribution in [0, 0.1) is 0 Å². The van der Waals surface area contributed by atoms with E-state index in [0.29, 0.717) is 31.6 Å². The third kappa shape index (κ3) is 7.07. The number of phenolic OH excluding ortho intramolecular Hbond substituents is 1. The lowest BCUT2D eigenvalue weighted by Gasteiger charge is -2.22. The number of nitrogens with one attached hydrogen (secondary N) is 1. The van der Waals surface area contributed by atoms with Crippen molar-refractivity contribution in [2.24, 2.45) is 10.7 Å². The maximum atomic E-state index is 12.4. The summed E-state index contributed by atoms with van der Waals surface area (Å²) >= 11 is 0. The van der Waals surface area contributed by atoms with Gasteiger partial charge in [0.25, 0.3) is 0 Å². The molecule has 0 spiro atoms. The summed E-state index contributed by atoms with van der Waals surface area (Å²) in [4.78, 5) is 19.0. The number of ketones is 1. The van der Waals surface area contributed by atoms with Crippen LogP contribution >= 0.6 is 0 Å². The predicted octanol–water partition coefficient (Wildman–Crippen LogP) is 4.87. The third-order valence-corrected chi connectivity index (χ3v) is 7.88. The second kappa shape index (κ2) is 13.2. The van der Waals surface area contributed by atoms with E-state index in [2.05, 4.69) is 41.6 Å². The summed E-state index contributed by atoms with van der Waals surface area (Å²) < 4.78 is 5.99. The van der Waals surface area contributed by atoms with Gasteiger partial charge in [0.2, 0.25) is 0 Å². The molecular weight excluding hydrogens is 516 g/mol. The van der Waals surface area contributed by atoms with Crippen LogP contribution in [0.5, 0.6) is 11.5 Å². The van der Waals surface area contributed by atoms with Crippen LogP contribution in [0.15, 0.2) is 71.1 Å². The number of aliphatic hydroxyl groups is 1. The highest BCUT2D eigenvalue weighted by atomic mass is 16.5. The fourth-order valence-electron chi connectivity index (χ4n) is 5.56. The number of nitrogens with two attached hydrogens (primary N) is 1. The number of phenols is 1.